The van der Waals surface area contributed by atoms with Crippen molar-refractivity contribution in [2.24, 2.45) is 9.50 Å². The van der Waals surface area contributed by atoms with Crippen LogP contribution in [0.2, 0.25) is 0 Å². The van der Waals surface area contributed by atoms with E-state index in [2.05, 4.69) is 14.8 Å². The smallest absolute Gasteiger partial charge is 0.285 e. The van der Waals surface area contributed by atoms with E-state index in [1.807, 2.05) is 57.2 Å². The van der Waals surface area contributed by atoms with Crippen LogP contribution in [-0.4, -0.2) is 43.5 Å². The lowest BCUT2D eigenvalue weighted by atomic mass is 10.1. The number of hydrazone groups is 1. The van der Waals surface area contributed by atoms with Crippen LogP contribution in [0.4, 0.5) is 0 Å². The Labute approximate surface area is 183 Å². The van der Waals surface area contributed by atoms with Crippen molar-refractivity contribution in [3.8, 4) is 0 Å². The highest BCUT2D eigenvalue weighted by Gasteiger charge is 2.31. The minimum absolute atomic E-state index is 0.137. The first kappa shape index (κ1) is 22.4. The van der Waals surface area contributed by atoms with Crippen molar-refractivity contribution in [2.75, 3.05) is 6.54 Å². The van der Waals surface area contributed by atoms with Crippen LogP contribution in [0.15, 0.2) is 75.1 Å². The molecule has 0 radical (unpaired) electrons. The third-order valence-electron chi connectivity index (χ3n) is 4.30. The molecule has 31 heavy (non-hydrogen) atoms. The van der Waals surface area contributed by atoms with E-state index in [1.165, 1.54) is 11.1 Å². The number of amides is 1. The SMILES string of the molecule is CC(C)(C)NC(=O)CCN(N=CC=Cc1ccccc1)C1=NS(=O)(=O)c2ccccc21. The molecular formula is C23H26N4O3S. The van der Waals surface area contributed by atoms with Crippen molar-refractivity contribution < 1.29 is 13.2 Å². The van der Waals surface area contributed by atoms with Crippen LogP contribution < -0.4 is 5.32 Å². The van der Waals surface area contributed by atoms with Crippen molar-refractivity contribution in [2.45, 2.75) is 37.6 Å². The topological polar surface area (TPSA) is 91.2 Å². The Balaban J connectivity index is 1.84. The Morgan fingerprint density at radius 2 is 1.77 bits per heavy atom. The van der Waals surface area contributed by atoms with Gasteiger partial charge in [-0.25, -0.2) is 5.01 Å². The summed E-state index contributed by atoms with van der Waals surface area (Å²) in [5, 5.41) is 8.76. The second-order valence-corrected chi connectivity index (χ2v) is 9.66. The molecule has 3 rings (SSSR count). The van der Waals surface area contributed by atoms with Gasteiger partial charge in [0.15, 0.2) is 5.84 Å². The molecule has 8 heteroatoms. The van der Waals surface area contributed by atoms with Gasteiger partial charge in [0.1, 0.15) is 4.90 Å². The Bertz CT molecular complexity index is 1130. The summed E-state index contributed by atoms with van der Waals surface area (Å²) in [5.74, 6) is 0.0609. The zero-order valence-electron chi connectivity index (χ0n) is 17.8. The molecule has 0 aromatic heterocycles. The molecule has 1 heterocycles. The molecular weight excluding hydrogens is 412 g/mol. The molecule has 0 aliphatic carbocycles. The van der Waals surface area contributed by atoms with Crippen LogP contribution in [0, 0.1) is 0 Å². The number of hydrogen-bond donors (Lipinski definition) is 1. The zero-order chi connectivity index (χ0) is 22.5. The minimum atomic E-state index is -3.79. The van der Waals surface area contributed by atoms with E-state index in [9.17, 15) is 13.2 Å². The predicted octanol–water partition coefficient (Wildman–Crippen LogP) is 3.44. The van der Waals surface area contributed by atoms with Gasteiger partial charge in [-0.15, -0.1) is 4.40 Å². The van der Waals surface area contributed by atoms with Crippen LogP contribution in [0.1, 0.15) is 38.3 Å². The lowest BCUT2D eigenvalue weighted by Crippen LogP contribution is -2.42. The van der Waals surface area contributed by atoms with E-state index in [0.29, 0.717) is 5.56 Å². The minimum Gasteiger partial charge on any atom is -0.351 e. The van der Waals surface area contributed by atoms with E-state index in [4.69, 9.17) is 0 Å². The maximum Gasteiger partial charge on any atom is 0.285 e. The van der Waals surface area contributed by atoms with Crippen molar-refractivity contribution in [1.29, 1.82) is 0 Å². The summed E-state index contributed by atoms with van der Waals surface area (Å²) in [4.78, 5) is 12.4. The molecule has 2 aromatic rings. The van der Waals surface area contributed by atoms with E-state index in [-0.39, 0.29) is 35.1 Å². The third kappa shape index (κ3) is 6.11. The number of carbonyl (C=O) groups excluding carboxylic acids is 1. The fourth-order valence-corrected chi connectivity index (χ4v) is 4.22. The first-order valence-electron chi connectivity index (χ1n) is 9.94. The lowest BCUT2D eigenvalue weighted by Gasteiger charge is -2.22. The average Bonchev–Trinajstić information content (AvgIpc) is 2.98. The molecule has 162 valence electrons. The molecule has 0 bridgehead atoms. The molecule has 2 aromatic carbocycles. The monoisotopic (exact) mass is 438 g/mol. The van der Waals surface area contributed by atoms with E-state index < -0.39 is 10.0 Å². The fraction of sp³-hybridized carbons (Fsp3) is 0.261. The Morgan fingerprint density at radius 3 is 2.48 bits per heavy atom. The van der Waals surface area contributed by atoms with Gasteiger partial charge < -0.3 is 5.32 Å². The molecule has 0 spiro atoms. The largest absolute Gasteiger partial charge is 0.351 e. The van der Waals surface area contributed by atoms with Gasteiger partial charge in [0.2, 0.25) is 5.91 Å². The molecule has 7 nitrogen and oxygen atoms in total. The summed E-state index contributed by atoms with van der Waals surface area (Å²) in [6.07, 6.45) is 5.34. The van der Waals surface area contributed by atoms with Crippen LogP contribution in [0.25, 0.3) is 6.08 Å². The average molecular weight is 439 g/mol. The van der Waals surface area contributed by atoms with Crippen molar-refractivity contribution in [1.82, 2.24) is 10.3 Å². The van der Waals surface area contributed by atoms with Gasteiger partial charge >= 0.3 is 0 Å². The summed E-state index contributed by atoms with van der Waals surface area (Å²) in [5.41, 5.74) is 1.13. The van der Waals surface area contributed by atoms with Crippen LogP contribution in [0.3, 0.4) is 0 Å². The highest BCUT2D eigenvalue weighted by molar-refractivity contribution is 7.90. The van der Waals surface area contributed by atoms with Gasteiger partial charge in [-0.2, -0.15) is 13.5 Å². The number of sulfonamides is 1. The quantitative estimate of drug-likeness (QED) is 0.552. The normalized spacial score (nSPS) is 15.1. The lowest BCUT2D eigenvalue weighted by molar-refractivity contribution is -0.122. The number of allylic oxidation sites excluding steroid dienone is 1. The van der Waals surface area contributed by atoms with Gasteiger partial charge in [0.25, 0.3) is 10.0 Å². The fourth-order valence-electron chi connectivity index (χ4n) is 3.02. The second-order valence-electron chi connectivity index (χ2n) is 8.09. The van der Waals surface area contributed by atoms with Gasteiger partial charge in [0.05, 0.1) is 6.54 Å². The van der Waals surface area contributed by atoms with E-state index in [1.54, 1.807) is 30.5 Å². The molecule has 1 N–H and O–H groups in total. The number of benzene rings is 2. The van der Waals surface area contributed by atoms with E-state index >= 15 is 0 Å². The third-order valence-corrected chi connectivity index (χ3v) is 5.63. The highest BCUT2D eigenvalue weighted by Crippen LogP contribution is 2.27. The Hall–Kier alpha value is -3.26. The second kappa shape index (κ2) is 9.26. The standard InChI is InChI=1S/C23H26N4O3S/c1-23(2,3)25-21(28)15-17-27(24-16-9-12-18-10-5-4-6-11-18)22-19-13-7-8-14-20(19)31(29,30)26-22/h4-14,16H,15,17H2,1-3H3,(H,25,28). The Kier molecular flexibility index (Phi) is 6.70. The van der Waals surface area contributed by atoms with Crippen molar-refractivity contribution in [3.63, 3.8) is 0 Å². The maximum atomic E-state index is 12.4. The summed E-state index contributed by atoms with van der Waals surface area (Å²) in [6.45, 7) is 5.89. The Morgan fingerprint density at radius 1 is 1.10 bits per heavy atom. The van der Waals surface area contributed by atoms with Gasteiger partial charge in [0, 0.05) is 23.7 Å². The summed E-state index contributed by atoms with van der Waals surface area (Å²) < 4.78 is 28.8. The zero-order valence-corrected chi connectivity index (χ0v) is 18.6. The van der Waals surface area contributed by atoms with Gasteiger partial charge in [-0.05, 0) is 44.5 Å². The van der Waals surface area contributed by atoms with E-state index in [0.717, 1.165) is 5.56 Å². The maximum absolute atomic E-state index is 12.4. The number of carbonyl (C=O) groups is 1. The summed E-state index contributed by atoms with van der Waals surface area (Å²) in [7, 11) is -3.79. The molecule has 0 fully saturated rings. The molecule has 1 aliphatic heterocycles. The van der Waals surface area contributed by atoms with Gasteiger partial charge in [-0.3, -0.25) is 4.79 Å². The number of nitrogens with zero attached hydrogens (tertiary/aromatic N) is 3. The molecule has 0 unspecified atom stereocenters. The predicted molar refractivity (Wildman–Crippen MR) is 123 cm³/mol. The van der Waals surface area contributed by atoms with Crippen LogP contribution >= 0.6 is 0 Å². The molecule has 1 aliphatic rings. The molecule has 0 atom stereocenters. The van der Waals surface area contributed by atoms with Crippen molar-refractivity contribution in [3.05, 3.63) is 71.8 Å². The van der Waals surface area contributed by atoms with Crippen molar-refractivity contribution >= 4 is 34.1 Å². The number of hydrogen-bond acceptors (Lipinski definition) is 5. The molecule has 1 amide bonds. The first-order chi connectivity index (χ1) is 14.7. The van der Waals surface area contributed by atoms with Gasteiger partial charge in [-0.1, -0.05) is 48.5 Å². The van der Waals surface area contributed by atoms with Crippen LogP contribution in [-0.2, 0) is 14.8 Å². The number of nitrogens with one attached hydrogen (secondary N) is 1. The number of fused-ring (bicyclic) bond motifs is 1. The molecule has 0 saturated heterocycles. The highest BCUT2D eigenvalue weighted by atomic mass is 32.2. The summed E-state index contributed by atoms with van der Waals surface area (Å²) >= 11 is 0. The summed E-state index contributed by atoms with van der Waals surface area (Å²) in [6, 6.07) is 16.3. The first-order valence-corrected chi connectivity index (χ1v) is 11.4. The molecule has 0 saturated carbocycles. The number of rotatable bonds is 6. The van der Waals surface area contributed by atoms with Crippen LogP contribution in [0.5, 0.6) is 0 Å². The number of amidine groups is 1.